The van der Waals surface area contributed by atoms with Gasteiger partial charge in [0.05, 0.1) is 28.1 Å². The third-order valence-electron chi connectivity index (χ3n) is 5.76. The highest BCUT2D eigenvalue weighted by Crippen LogP contribution is 2.30. The molecule has 10 heteroatoms. The lowest BCUT2D eigenvalue weighted by Crippen LogP contribution is -2.14. The maximum Gasteiger partial charge on any atom is 0.336 e. The molecule has 8 nitrogen and oxygen atoms in total. The van der Waals surface area contributed by atoms with Crippen molar-refractivity contribution in [2.45, 2.75) is 11.8 Å². The van der Waals surface area contributed by atoms with E-state index >= 15 is 0 Å². The Labute approximate surface area is 232 Å². The molecule has 0 aliphatic rings. The number of aromatic nitrogens is 1. The zero-order chi connectivity index (χ0) is 27.4. The first kappa shape index (κ1) is 26.2. The number of hydrogen-bond donors (Lipinski definition) is 3. The second-order valence-electron chi connectivity index (χ2n) is 8.41. The van der Waals surface area contributed by atoms with Gasteiger partial charge in [0.2, 0.25) is 5.91 Å². The first-order chi connectivity index (χ1) is 18.9. The van der Waals surface area contributed by atoms with Gasteiger partial charge in [0.15, 0.2) is 5.13 Å². The summed E-state index contributed by atoms with van der Waals surface area (Å²) in [6, 6.07) is 22.8. The van der Waals surface area contributed by atoms with Crippen molar-refractivity contribution >= 4 is 72.7 Å². The molecule has 0 aliphatic carbocycles. The van der Waals surface area contributed by atoms with E-state index in [-0.39, 0.29) is 22.8 Å². The van der Waals surface area contributed by atoms with E-state index < -0.39 is 11.9 Å². The lowest BCUT2D eigenvalue weighted by atomic mass is 9.98. The van der Waals surface area contributed by atoms with Gasteiger partial charge in [0.1, 0.15) is 5.75 Å². The number of fused-ring (bicyclic) bond motifs is 2. The molecule has 1 aromatic heterocycles. The van der Waals surface area contributed by atoms with E-state index in [2.05, 4.69) is 15.6 Å². The van der Waals surface area contributed by atoms with Gasteiger partial charge in [-0.2, -0.15) is 0 Å². The summed E-state index contributed by atoms with van der Waals surface area (Å²) in [5.74, 6) is -0.800. The summed E-state index contributed by atoms with van der Waals surface area (Å²) in [6.45, 7) is 2.50. The molecule has 0 aliphatic heterocycles. The molecule has 0 radical (unpaired) electrons. The van der Waals surface area contributed by atoms with Crippen molar-refractivity contribution in [3.05, 3.63) is 90.0 Å². The molecule has 4 aromatic carbocycles. The Hall–Kier alpha value is -4.41. The van der Waals surface area contributed by atoms with Crippen molar-refractivity contribution in [1.29, 1.82) is 0 Å². The summed E-state index contributed by atoms with van der Waals surface area (Å²) in [7, 11) is 0. The molecule has 0 atom stereocenters. The zero-order valence-electron chi connectivity index (χ0n) is 20.8. The van der Waals surface area contributed by atoms with E-state index in [0.29, 0.717) is 28.2 Å². The normalized spacial score (nSPS) is 10.9. The molecule has 196 valence electrons. The van der Waals surface area contributed by atoms with Gasteiger partial charge < -0.3 is 20.5 Å². The Morgan fingerprint density at radius 1 is 0.949 bits per heavy atom. The number of aromatic carboxylic acids is 1. The number of carboxylic acids is 1. The first-order valence-electron chi connectivity index (χ1n) is 12.0. The highest BCUT2D eigenvalue weighted by molar-refractivity contribution is 8.00. The predicted octanol–water partition coefficient (Wildman–Crippen LogP) is 6.53. The summed E-state index contributed by atoms with van der Waals surface area (Å²) in [4.78, 5) is 42.7. The fourth-order valence-corrected chi connectivity index (χ4v) is 5.76. The van der Waals surface area contributed by atoms with Crippen LogP contribution in [-0.4, -0.2) is 40.2 Å². The highest BCUT2D eigenvalue weighted by atomic mass is 32.2. The lowest BCUT2D eigenvalue weighted by Gasteiger charge is -2.11. The molecule has 0 fully saturated rings. The fraction of sp³-hybridized carbons (Fsp3) is 0.103. The first-order valence-corrected chi connectivity index (χ1v) is 13.8. The van der Waals surface area contributed by atoms with Crippen LogP contribution in [0.1, 0.15) is 27.6 Å². The molecular formula is C29H23N3O5S2. The standard InChI is InChI=1S/C29H23N3O5S2/c1-2-37-19-12-13-23-24(15-19)39-29(31-23)32-25(33)16-38-20-9-5-8-18(14-20)30-27(34)21-10-3-6-17-7-4-11-22(26(17)21)28(35)36/h3-15H,2,16H2,1H3,(H,30,34)(H,35,36)(H,31,32,33). The van der Waals surface area contributed by atoms with E-state index in [1.165, 1.54) is 29.2 Å². The highest BCUT2D eigenvalue weighted by Gasteiger charge is 2.17. The molecule has 39 heavy (non-hydrogen) atoms. The van der Waals surface area contributed by atoms with Crippen molar-refractivity contribution in [3.63, 3.8) is 0 Å². The summed E-state index contributed by atoms with van der Waals surface area (Å²) >= 11 is 2.71. The number of thioether (sulfide) groups is 1. The topological polar surface area (TPSA) is 118 Å². The summed E-state index contributed by atoms with van der Waals surface area (Å²) in [5, 5.41) is 16.9. The predicted molar refractivity (Wildman–Crippen MR) is 155 cm³/mol. The Balaban J connectivity index is 1.24. The molecule has 2 amide bonds. The molecular weight excluding hydrogens is 534 g/mol. The third kappa shape index (κ3) is 6.02. The van der Waals surface area contributed by atoms with E-state index in [9.17, 15) is 19.5 Å². The van der Waals surface area contributed by atoms with Crippen LogP contribution in [-0.2, 0) is 4.79 Å². The Kier molecular flexibility index (Phi) is 7.76. The number of rotatable bonds is 9. The zero-order valence-corrected chi connectivity index (χ0v) is 22.4. The Bertz CT molecular complexity index is 1710. The number of nitrogens with zero attached hydrogens (tertiary/aromatic N) is 1. The van der Waals surface area contributed by atoms with E-state index in [4.69, 9.17) is 4.74 Å². The van der Waals surface area contributed by atoms with Gasteiger partial charge in [0, 0.05) is 21.5 Å². The van der Waals surface area contributed by atoms with Crippen molar-refractivity contribution in [1.82, 2.24) is 4.98 Å². The molecule has 5 aromatic rings. The van der Waals surface area contributed by atoms with Crippen LogP contribution in [0.3, 0.4) is 0 Å². The SMILES string of the molecule is CCOc1ccc2nc(NC(=O)CSc3cccc(NC(=O)c4cccc5cccc(C(=O)O)c45)c3)sc2c1. The molecule has 0 unspecified atom stereocenters. The molecule has 5 rings (SSSR count). The number of thiazole rings is 1. The van der Waals surface area contributed by atoms with Crippen LogP contribution in [0, 0.1) is 0 Å². The number of carbonyl (C=O) groups is 3. The second-order valence-corrected chi connectivity index (χ2v) is 10.5. The summed E-state index contributed by atoms with van der Waals surface area (Å²) < 4.78 is 6.45. The Morgan fingerprint density at radius 2 is 1.72 bits per heavy atom. The van der Waals surface area contributed by atoms with Crippen molar-refractivity contribution in [2.75, 3.05) is 23.0 Å². The van der Waals surface area contributed by atoms with Gasteiger partial charge in [-0.1, -0.05) is 41.7 Å². The van der Waals surface area contributed by atoms with Crippen LogP contribution in [0.15, 0.2) is 83.8 Å². The molecule has 1 heterocycles. The van der Waals surface area contributed by atoms with Crippen LogP contribution in [0.4, 0.5) is 10.8 Å². The minimum atomic E-state index is -1.10. The molecule has 0 bridgehead atoms. The molecule has 0 saturated carbocycles. The van der Waals surface area contributed by atoms with E-state index in [1.54, 1.807) is 48.5 Å². The smallest absolute Gasteiger partial charge is 0.336 e. The minimum Gasteiger partial charge on any atom is -0.494 e. The van der Waals surface area contributed by atoms with Crippen LogP contribution >= 0.6 is 23.1 Å². The van der Waals surface area contributed by atoms with Crippen LogP contribution in [0.2, 0.25) is 0 Å². The van der Waals surface area contributed by atoms with Gasteiger partial charge in [0.25, 0.3) is 5.91 Å². The largest absolute Gasteiger partial charge is 0.494 e. The minimum absolute atomic E-state index is 0.0661. The van der Waals surface area contributed by atoms with E-state index in [0.717, 1.165) is 20.9 Å². The summed E-state index contributed by atoms with van der Waals surface area (Å²) in [5.41, 5.74) is 1.66. The van der Waals surface area contributed by atoms with Crippen molar-refractivity contribution < 1.29 is 24.2 Å². The lowest BCUT2D eigenvalue weighted by molar-refractivity contribution is -0.113. The number of carboxylic acid groups (broad SMARTS) is 1. The number of carbonyl (C=O) groups excluding carboxylic acids is 2. The number of amides is 2. The average molecular weight is 558 g/mol. The molecule has 0 saturated heterocycles. The molecule has 3 N–H and O–H groups in total. The number of benzene rings is 4. The van der Waals surface area contributed by atoms with E-state index in [1.807, 2.05) is 31.2 Å². The Morgan fingerprint density at radius 3 is 2.49 bits per heavy atom. The van der Waals surface area contributed by atoms with Gasteiger partial charge in [-0.05, 0) is 60.8 Å². The van der Waals surface area contributed by atoms with Gasteiger partial charge in [-0.25, -0.2) is 9.78 Å². The third-order valence-corrected chi connectivity index (χ3v) is 7.69. The average Bonchev–Trinajstić information content (AvgIpc) is 3.33. The number of hydrogen-bond acceptors (Lipinski definition) is 7. The van der Waals surface area contributed by atoms with Crippen LogP contribution < -0.4 is 15.4 Å². The van der Waals surface area contributed by atoms with Crippen molar-refractivity contribution in [3.8, 4) is 5.75 Å². The van der Waals surface area contributed by atoms with Gasteiger partial charge >= 0.3 is 5.97 Å². The second kappa shape index (κ2) is 11.5. The number of ether oxygens (including phenoxy) is 1. The molecule has 0 spiro atoms. The monoisotopic (exact) mass is 557 g/mol. The maximum atomic E-state index is 13.1. The van der Waals surface area contributed by atoms with Gasteiger partial charge in [-0.15, -0.1) is 11.8 Å². The quantitative estimate of drug-likeness (QED) is 0.176. The van der Waals surface area contributed by atoms with Crippen LogP contribution in [0.25, 0.3) is 21.0 Å². The fourth-order valence-electron chi connectivity index (χ4n) is 4.09. The number of nitrogens with one attached hydrogen (secondary N) is 2. The number of anilines is 2. The van der Waals surface area contributed by atoms with Crippen LogP contribution in [0.5, 0.6) is 5.75 Å². The van der Waals surface area contributed by atoms with Crippen molar-refractivity contribution in [2.24, 2.45) is 0 Å². The van der Waals surface area contributed by atoms with Gasteiger partial charge in [-0.3, -0.25) is 9.59 Å². The maximum absolute atomic E-state index is 13.1. The summed E-state index contributed by atoms with van der Waals surface area (Å²) in [6.07, 6.45) is 0.